The fraction of sp³-hybridized carbons (Fsp3) is 0.222. The lowest BCUT2D eigenvalue weighted by Gasteiger charge is -2.24. The molecule has 26 heavy (non-hydrogen) atoms. The Labute approximate surface area is 153 Å². The highest BCUT2D eigenvalue weighted by Crippen LogP contribution is 2.39. The maximum atomic E-state index is 12.9. The molecule has 134 valence electrons. The quantitative estimate of drug-likeness (QED) is 0.529. The van der Waals surface area contributed by atoms with Crippen molar-refractivity contribution in [2.24, 2.45) is 0 Å². The molecule has 0 aliphatic rings. The average Bonchev–Trinajstić information content (AvgIpc) is 3.15. The number of hydrogen-bond acceptors (Lipinski definition) is 6. The highest BCUT2D eigenvalue weighted by Gasteiger charge is 2.24. The van der Waals surface area contributed by atoms with Crippen LogP contribution in [0.5, 0.6) is 5.75 Å². The maximum Gasteiger partial charge on any atom is 0.279 e. The molecule has 2 aromatic heterocycles. The van der Waals surface area contributed by atoms with E-state index in [0.29, 0.717) is 12.8 Å². The van der Waals surface area contributed by atoms with Crippen LogP contribution >= 0.6 is 11.3 Å². The van der Waals surface area contributed by atoms with E-state index in [1.165, 1.54) is 29.7 Å². The molecule has 2 heterocycles. The summed E-state index contributed by atoms with van der Waals surface area (Å²) in [5, 5.41) is 29.3. The topological polar surface area (TPSA) is 108 Å². The minimum Gasteiger partial charge on any atom is -0.871 e. The third-order valence-electron chi connectivity index (χ3n) is 3.97. The van der Waals surface area contributed by atoms with Crippen LogP contribution in [0.25, 0.3) is 10.9 Å². The number of aromatic nitrogens is 1. The van der Waals surface area contributed by atoms with Crippen molar-refractivity contribution < 1.29 is 14.8 Å². The first-order valence-electron chi connectivity index (χ1n) is 8.08. The predicted octanol–water partition coefficient (Wildman–Crippen LogP) is 3.28. The van der Waals surface area contributed by atoms with E-state index < -0.39 is 16.7 Å². The van der Waals surface area contributed by atoms with Crippen molar-refractivity contribution in [3.05, 3.63) is 62.5 Å². The molecule has 3 rings (SSSR count). The Kier molecular flexibility index (Phi) is 5.13. The summed E-state index contributed by atoms with van der Waals surface area (Å²) in [5.74, 6) is -0.629. The SMILES string of the molecule is CCCC(=O)N[C@@H](c1cccs1)c1cc([N+](=O)[O-])c2cccnc2c1[O-]. The summed E-state index contributed by atoms with van der Waals surface area (Å²) in [6.07, 6.45) is 2.39. The van der Waals surface area contributed by atoms with E-state index in [9.17, 15) is 20.0 Å². The highest BCUT2D eigenvalue weighted by atomic mass is 32.1. The van der Waals surface area contributed by atoms with Crippen molar-refractivity contribution in [1.82, 2.24) is 10.3 Å². The number of pyridine rings is 1. The fourth-order valence-corrected chi connectivity index (χ4v) is 3.60. The molecule has 0 spiro atoms. The molecule has 0 aliphatic heterocycles. The number of fused-ring (bicyclic) bond motifs is 1. The van der Waals surface area contributed by atoms with Gasteiger partial charge in [0.15, 0.2) is 0 Å². The van der Waals surface area contributed by atoms with Crippen LogP contribution in [0.2, 0.25) is 0 Å². The average molecular weight is 370 g/mol. The number of non-ortho nitro benzene ring substituents is 1. The summed E-state index contributed by atoms with van der Waals surface area (Å²) >= 11 is 1.37. The Morgan fingerprint density at radius 1 is 1.38 bits per heavy atom. The third-order valence-corrected chi connectivity index (χ3v) is 4.91. The molecule has 0 unspecified atom stereocenters. The van der Waals surface area contributed by atoms with Crippen molar-refractivity contribution in [2.75, 3.05) is 0 Å². The van der Waals surface area contributed by atoms with Gasteiger partial charge in [-0.2, -0.15) is 0 Å². The van der Waals surface area contributed by atoms with E-state index in [0.717, 1.165) is 4.88 Å². The second-order valence-corrected chi connectivity index (χ2v) is 6.72. The van der Waals surface area contributed by atoms with Crippen molar-refractivity contribution >= 4 is 33.8 Å². The molecule has 1 amide bonds. The van der Waals surface area contributed by atoms with Crippen molar-refractivity contribution in [3.8, 4) is 5.75 Å². The lowest BCUT2D eigenvalue weighted by atomic mass is 9.99. The number of rotatable bonds is 6. The number of carbonyl (C=O) groups is 1. The van der Waals surface area contributed by atoms with Crippen LogP contribution in [-0.2, 0) is 4.79 Å². The van der Waals surface area contributed by atoms with Crippen LogP contribution in [0.3, 0.4) is 0 Å². The summed E-state index contributed by atoms with van der Waals surface area (Å²) in [5.41, 5.74) is -0.0215. The Bertz CT molecular complexity index is 956. The van der Waals surface area contributed by atoms with Gasteiger partial charge in [-0.1, -0.05) is 18.7 Å². The zero-order valence-corrected chi connectivity index (χ0v) is 14.8. The van der Waals surface area contributed by atoms with Gasteiger partial charge in [-0.3, -0.25) is 19.9 Å². The van der Waals surface area contributed by atoms with E-state index >= 15 is 0 Å². The Hall–Kier alpha value is -3.00. The van der Waals surface area contributed by atoms with Crippen LogP contribution < -0.4 is 10.4 Å². The summed E-state index contributed by atoms with van der Waals surface area (Å²) in [4.78, 5) is 27.9. The molecule has 1 atom stereocenters. The number of benzene rings is 1. The van der Waals surface area contributed by atoms with E-state index in [4.69, 9.17) is 0 Å². The molecule has 7 nitrogen and oxygen atoms in total. The molecule has 0 saturated carbocycles. The van der Waals surface area contributed by atoms with Gasteiger partial charge in [0.1, 0.15) is 0 Å². The Balaban J connectivity index is 2.20. The summed E-state index contributed by atoms with van der Waals surface area (Å²) in [7, 11) is 0. The predicted molar refractivity (Wildman–Crippen MR) is 97.1 cm³/mol. The number of amides is 1. The first-order valence-corrected chi connectivity index (χ1v) is 8.96. The second kappa shape index (κ2) is 7.49. The van der Waals surface area contributed by atoms with Gasteiger partial charge in [0.05, 0.1) is 21.9 Å². The van der Waals surface area contributed by atoms with Gasteiger partial charge in [0.2, 0.25) is 5.91 Å². The van der Waals surface area contributed by atoms with Crippen molar-refractivity contribution in [2.45, 2.75) is 25.8 Å². The minimum absolute atomic E-state index is 0.0306. The number of nitro benzene ring substituents is 1. The van der Waals surface area contributed by atoms with E-state index in [1.807, 2.05) is 12.3 Å². The van der Waals surface area contributed by atoms with Gasteiger partial charge in [-0.05, 0) is 35.6 Å². The van der Waals surface area contributed by atoms with Gasteiger partial charge in [-0.15, -0.1) is 11.3 Å². The number of hydrogen-bond donors (Lipinski definition) is 1. The number of nitrogens with zero attached hydrogens (tertiary/aromatic N) is 2. The smallest absolute Gasteiger partial charge is 0.279 e. The normalized spacial score (nSPS) is 12.0. The molecule has 0 bridgehead atoms. The summed E-state index contributed by atoms with van der Waals surface area (Å²) in [6, 6.07) is 7.15. The van der Waals surface area contributed by atoms with E-state index in [-0.39, 0.29) is 28.1 Å². The molecule has 1 aromatic carbocycles. The number of thiophene rings is 1. The van der Waals surface area contributed by atoms with Gasteiger partial charge >= 0.3 is 0 Å². The van der Waals surface area contributed by atoms with Crippen LogP contribution in [0.15, 0.2) is 41.9 Å². The van der Waals surface area contributed by atoms with Crippen LogP contribution in [0, 0.1) is 10.1 Å². The molecule has 8 heteroatoms. The van der Waals surface area contributed by atoms with Gasteiger partial charge in [0, 0.05) is 23.6 Å². The summed E-state index contributed by atoms with van der Waals surface area (Å²) < 4.78 is 0. The zero-order chi connectivity index (χ0) is 18.7. The lowest BCUT2D eigenvalue weighted by molar-refractivity contribution is -0.383. The van der Waals surface area contributed by atoms with E-state index in [2.05, 4.69) is 10.3 Å². The summed E-state index contributed by atoms with van der Waals surface area (Å²) in [6.45, 7) is 1.88. The fourth-order valence-electron chi connectivity index (χ4n) is 2.80. The standard InChI is InChI=1S/C18H17N3O4S/c1-2-5-15(22)20-16(14-7-4-9-26-14)12-10-13(21(24)25)11-6-3-8-19-17(11)18(12)23/h3-4,6-10,16,23H,2,5H2,1H3,(H,20,22)/p-1/t16-/m1/s1. The van der Waals surface area contributed by atoms with Crippen LogP contribution in [0.1, 0.15) is 36.2 Å². The van der Waals surface area contributed by atoms with Gasteiger partial charge in [-0.25, -0.2) is 0 Å². The van der Waals surface area contributed by atoms with Gasteiger partial charge in [0.25, 0.3) is 5.69 Å². The molecule has 0 fully saturated rings. The van der Waals surface area contributed by atoms with Crippen LogP contribution in [-0.4, -0.2) is 15.8 Å². The molecule has 1 N–H and O–H groups in total. The Morgan fingerprint density at radius 3 is 2.85 bits per heavy atom. The lowest BCUT2D eigenvalue weighted by Crippen LogP contribution is -2.29. The largest absolute Gasteiger partial charge is 0.871 e. The first-order chi connectivity index (χ1) is 12.5. The number of nitro groups is 1. The van der Waals surface area contributed by atoms with E-state index in [1.54, 1.807) is 18.2 Å². The van der Waals surface area contributed by atoms with Crippen molar-refractivity contribution in [1.29, 1.82) is 0 Å². The number of carbonyl (C=O) groups excluding carboxylic acids is 1. The maximum absolute atomic E-state index is 12.9. The molecular weight excluding hydrogens is 354 g/mol. The molecule has 0 radical (unpaired) electrons. The first kappa shape index (κ1) is 17.8. The monoisotopic (exact) mass is 370 g/mol. The second-order valence-electron chi connectivity index (χ2n) is 5.74. The Morgan fingerprint density at radius 2 is 2.19 bits per heavy atom. The van der Waals surface area contributed by atoms with Gasteiger partial charge < -0.3 is 10.4 Å². The number of nitrogens with one attached hydrogen (secondary N) is 1. The molecule has 0 saturated heterocycles. The molecule has 3 aromatic rings. The zero-order valence-electron chi connectivity index (χ0n) is 14.0. The van der Waals surface area contributed by atoms with Crippen LogP contribution in [0.4, 0.5) is 5.69 Å². The third kappa shape index (κ3) is 3.36. The highest BCUT2D eigenvalue weighted by molar-refractivity contribution is 7.10. The molecular formula is C18H16N3O4S-. The van der Waals surface area contributed by atoms with Crippen molar-refractivity contribution in [3.63, 3.8) is 0 Å². The molecule has 0 aliphatic carbocycles. The minimum atomic E-state index is -0.744.